The van der Waals surface area contributed by atoms with Gasteiger partial charge in [-0.15, -0.1) is 0 Å². The number of nitrogen functional groups attached to an aromatic ring is 2. The maximum Gasteiger partial charge on any atom is 0.488 e. The van der Waals surface area contributed by atoms with Gasteiger partial charge in [-0.2, -0.15) is 10.2 Å². The summed E-state index contributed by atoms with van der Waals surface area (Å²) in [6.45, 7) is 3.75. The van der Waals surface area contributed by atoms with E-state index in [9.17, 15) is 0 Å². The molecule has 0 amide bonds. The second kappa shape index (κ2) is 12.5. The maximum absolute atomic E-state index is 8.68. The summed E-state index contributed by atoms with van der Waals surface area (Å²) in [5.41, 5.74) is 14.9. The zero-order valence-electron chi connectivity index (χ0n) is 16.4. The molecule has 0 aromatic carbocycles. The molecule has 0 atom stereocenters. The number of hydrogen-bond donors (Lipinski definition) is 6. The van der Waals surface area contributed by atoms with E-state index < -0.39 is 7.12 Å². The smallest absolute Gasteiger partial charge is 0.423 e. The molecule has 0 saturated carbocycles. The number of aromatic amines is 2. The molecule has 31 heavy (non-hydrogen) atoms. The van der Waals surface area contributed by atoms with Crippen LogP contribution in [-0.4, -0.2) is 47.5 Å². The highest BCUT2D eigenvalue weighted by Crippen LogP contribution is 2.17. The van der Waals surface area contributed by atoms with E-state index in [1.54, 1.807) is 43.6 Å². The van der Waals surface area contributed by atoms with E-state index in [0.717, 1.165) is 27.2 Å². The fourth-order valence-electron chi connectivity index (χ4n) is 2.24. The van der Waals surface area contributed by atoms with Crippen LogP contribution in [0, 0.1) is 13.8 Å². The molecule has 10 nitrogen and oxygen atoms in total. The van der Waals surface area contributed by atoms with E-state index in [1.807, 2.05) is 19.1 Å². The highest BCUT2D eigenvalue weighted by atomic mass is 79.9. The molecule has 4 heterocycles. The third kappa shape index (κ3) is 8.99. The fourth-order valence-corrected chi connectivity index (χ4v) is 2.56. The van der Waals surface area contributed by atoms with Crippen molar-refractivity contribution >= 4 is 40.1 Å². The van der Waals surface area contributed by atoms with Gasteiger partial charge < -0.3 is 21.5 Å². The summed E-state index contributed by atoms with van der Waals surface area (Å²) in [6.07, 6.45) is 3.31. The Bertz CT molecular complexity index is 1050. The minimum Gasteiger partial charge on any atom is -0.423 e. The first-order valence-electron chi connectivity index (χ1n) is 8.73. The van der Waals surface area contributed by atoms with Gasteiger partial charge in [0, 0.05) is 41.5 Å². The second-order valence-electron chi connectivity index (χ2n) is 6.14. The Labute approximate surface area is 189 Å². The van der Waals surface area contributed by atoms with Gasteiger partial charge in [-0.1, -0.05) is 7.43 Å². The molecule has 0 spiro atoms. The van der Waals surface area contributed by atoms with Crippen LogP contribution in [0.3, 0.4) is 0 Å². The van der Waals surface area contributed by atoms with Gasteiger partial charge in [0.25, 0.3) is 0 Å². The predicted octanol–water partition coefficient (Wildman–Crippen LogP) is 1.82. The van der Waals surface area contributed by atoms with Crippen molar-refractivity contribution in [2.24, 2.45) is 0 Å². The van der Waals surface area contributed by atoms with Crippen molar-refractivity contribution in [2.45, 2.75) is 21.3 Å². The summed E-state index contributed by atoms with van der Waals surface area (Å²) in [5, 5.41) is 30.3. The van der Waals surface area contributed by atoms with Gasteiger partial charge in [-0.3, -0.25) is 20.2 Å². The molecule has 8 N–H and O–H groups in total. The standard InChI is InChI=1S/C9H10N4.C6H8BNO2.C3H4BrN3.CH4/c1-6-4-7(2-3-11-6)8-5-9(10)13-12-8;1-5-4-6(7(9)10)2-3-8-5;4-2-1-3(5)7-6-2;/h2-5H,1H3,(H3,10,12,13);2-4,9-10H,1H3;1H,(H3,5,6,7);1H4. The Morgan fingerprint density at radius 2 is 1.45 bits per heavy atom. The second-order valence-corrected chi connectivity index (χ2v) is 6.99. The molecule has 0 radical (unpaired) electrons. The van der Waals surface area contributed by atoms with Gasteiger partial charge in [-0.05, 0) is 59.5 Å². The quantitative estimate of drug-likeness (QED) is 0.231. The molecule has 4 rings (SSSR count). The first kappa shape index (κ1) is 25.8. The lowest BCUT2D eigenvalue weighted by Crippen LogP contribution is -2.29. The summed E-state index contributed by atoms with van der Waals surface area (Å²) >= 11 is 3.13. The summed E-state index contributed by atoms with van der Waals surface area (Å²) in [7, 11) is -1.39. The molecule has 164 valence electrons. The number of aromatic nitrogens is 6. The van der Waals surface area contributed by atoms with E-state index in [1.165, 1.54) is 0 Å². The summed E-state index contributed by atoms with van der Waals surface area (Å²) < 4.78 is 0.810. The lowest BCUT2D eigenvalue weighted by atomic mass is 9.81. The molecule has 0 aliphatic rings. The normalized spacial score (nSPS) is 9.45. The highest BCUT2D eigenvalue weighted by Gasteiger charge is 2.09. The molecule has 0 fully saturated rings. The van der Waals surface area contributed by atoms with Crippen molar-refractivity contribution in [3.8, 4) is 11.3 Å². The zero-order chi connectivity index (χ0) is 22.1. The number of halogens is 1. The van der Waals surface area contributed by atoms with Gasteiger partial charge in [0.15, 0.2) is 0 Å². The lowest BCUT2D eigenvalue weighted by molar-refractivity contribution is 0.425. The molecule has 0 aliphatic carbocycles. The summed E-state index contributed by atoms with van der Waals surface area (Å²) in [4.78, 5) is 8.01. The summed E-state index contributed by atoms with van der Waals surface area (Å²) in [6, 6.07) is 10.6. The Balaban J connectivity index is 0.000000240. The number of anilines is 2. The van der Waals surface area contributed by atoms with Gasteiger partial charge >= 0.3 is 7.12 Å². The van der Waals surface area contributed by atoms with Crippen LogP contribution in [0.5, 0.6) is 0 Å². The molecule has 0 bridgehead atoms. The monoisotopic (exact) mass is 488 g/mol. The Hall–Kier alpha value is -3.22. The predicted molar refractivity (Wildman–Crippen MR) is 127 cm³/mol. The third-order valence-electron chi connectivity index (χ3n) is 3.59. The van der Waals surface area contributed by atoms with Crippen LogP contribution in [-0.2, 0) is 0 Å². The molecule has 4 aromatic heterocycles. The van der Waals surface area contributed by atoms with Crippen LogP contribution in [0.25, 0.3) is 11.3 Å². The number of H-pyrrole nitrogens is 2. The van der Waals surface area contributed by atoms with Gasteiger partial charge in [0.2, 0.25) is 0 Å². The van der Waals surface area contributed by atoms with Crippen LogP contribution in [0.1, 0.15) is 18.8 Å². The van der Waals surface area contributed by atoms with Gasteiger partial charge in [-0.25, -0.2) is 0 Å². The minimum absolute atomic E-state index is 0. The SMILES string of the molecule is C.Cc1cc(-c2cc(N)n[nH]2)ccn1.Cc1cc(B(O)O)ccn1.Nc1cc(Br)[nH]n1. The topological polar surface area (TPSA) is 176 Å². The fraction of sp³-hybridized carbons (Fsp3) is 0.158. The highest BCUT2D eigenvalue weighted by molar-refractivity contribution is 9.10. The van der Waals surface area contributed by atoms with E-state index >= 15 is 0 Å². The van der Waals surface area contributed by atoms with Crippen LogP contribution in [0.4, 0.5) is 11.6 Å². The Kier molecular flexibility index (Phi) is 10.4. The van der Waals surface area contributed by atoms with Gasteiger partial charge in [0.1, 0.15) is 16.2 Å². The van der Waals surface area contributed by atoms with E-state index in [-0.39, 0.29) is 7.43 Å². The Morgan fingerprint density at radius 1 is 0.871 bits per heavy atom. The molecule has 4 aromatic rings. The van der Waals surface area contributed by atoms with Crippen LogP contribution < -0.4 is 16.9 Å². The molecule has 12 heteroatoms. The maximum atomic E-state index is 8.68. The number of aryl methyl sites for hydroxylation is 2. The van der Waals surface area contributed by atoms with Gasteiger partial charge in [0.05, 0.1) is 5.69 Å². The lowest BCUT2D eigenvalue weighted by Gasteiger charge is -1.97. The van der Waals surface area contributed by atoms with E-state index in [2.05, 4.69) is 46.3 Å². The zero-order valence-corrected chi connectivity index (χ0v) is 18.0. The number of hydrogen-bond acceptors (Lipinski definition) is 8. The molecular formula is C19H26BBrN8O2. The summed E-state index contributed by atoms with van der Waals surface area (Å²) in [5.74, 6) is 1.01. The molecule has 0 aliphatic heterocycles. The first-order valence-corrected chi connectivity index (χ1v) is 9.53. The number of rotatable bonds is 2. The number of nitrogens with one attached hydrogen (secondary N) is 2. The largest absolute Gasteiger partial charge is 0.488 e. The van der Waals surface area contributed by atoms with E-state index in [0.29, 0.717) is 17.1 Å². The van der Waals surface area contributed by atoms with Crippen molar-refractivity contribution in [3.63, 3.8) is 0 Å². The van der Waals surface area contributed by atoms with E-state index in [4.69, 9.17) is 21.5 Å². The van der Waals surface area contributed by atoms with Crippen molar-refractivity contribution in [1.29, 1.82) is 0 Å². The van der Waals surface area contributed by atoms with Crippen molar-refractivity contribution < 1.29 is 10.0 Å². The third-order valence-corrected chi connectivity index (χ3v) is 4.00. The van der Waals surface area contributed by atoms with Crippen LogP contribution in [0.2, 0.25) is 0 Å². The average molecular weight is 489 g/mol. The number of pyridine rings is 2. The van der Waals surface area contributed by atoms with Crippen LogP contribution >= 0.6 is 15.9 Å². The van der Waals surface area contributed by atoms with Crippen molar-refractivity contribution in [2.75, 3.05) is 11.5 Å². The molecular weight excluding hydrogens is 463 g/mol. The van der Waals surface area contributed by atoms with Crippen LogP contribution in [0.15, 0.2) is 53.4 Å². The number of nitrogens with two attached hydrogens (primary N) is 2. The molecule has 0 saturated heterocycles. The minimum atomic E-state index is -1.39. The average Bonchev–Trinajstić information content (AvgIpc) is 3.30. The molecule has 0 unspecified atom stereocenters. The number of nitrogens with zero attached hydrogens (tertiary/aromatic N) is 4. The van der Waals surface area contributed by atoms with Crippen molar-refractivity contribution in [3.05, 3.63) is 64.8 Å². The van der Waals surface area contributed by atoms with Crippen molar-refractivity contribution in [1.82, 2.24) is 30.4 Å². The Morgan fingerprint density at radius 3 is 1.84 bits per heavy atom. The first-order chi connectivity index (χ1) is 14.2.